The Bertz CT molecular complexity index is 559. The molecule has 0 unspecified atom stereocenters. The van der Waals surface area contributed by atoms with Crippen molar-refractivity contribution in [2.45, 2.75) is 58.4 Å². The van der Waals surface area contributed by atoms with E-state index in [0.717, 1.165) is 23.2 Å². The Labute approximate surface area is 118 Å². The van der Waals surface area contributed by atoms with E-state index in [1.54, 1.807) is 10.9 Å². The second kappa shape index (κ2) is 7.43. The molecule has 2 aromatic rings. The molecule has 2 aromatic heterocycles. The highest BCUT2D eigenvalue weighted by atomic mass is 32.1. The number of aryl methyl sites for hydroxylation is 1. The average Bonchev–Trinajstić information content (AvgIpc) is 2.89. The van der Waals surface area contributed by atoms with Gasteiger partial charge in [0.15, 0.2) is 0 Å². The lowest BCUT2D eigenvalue weighted by molar-refractivity contribution is 0.541. The summed E-state index contributed by atoms with van der Waals surface area (Å²) in [5.41, 5.74) is 0.941. The maximum atomic E-state index is 12.1. The van der Waals surface area contributed by atoms with Crippen LogP contribution < -0.4 is 5.56 Å². The molecule has 4 heteroatoms. The van der Waals surface area contributed by atoms with E-state index in [1.807, 2.05) is 11.4 Å². The van der Waals surface area contributed by atoms with Crippen molar-refractivity contribution < 1.29 is 0 Å². The van der Waals surface area contributed by atoms with Gasteiger partial charge in [-0.25, -0.2) is 4.98 Å². The van der Waals surface area contributed by atoms with Crippen LogP contribution in [0.5, 0.6) is 0 Å². The molecule has 3 nitrogen and oxygen atoms in total. The number of thiophene rings is 1. The lowest BCUT2D eigenvalue weighted by Crippen LogP contribution is -2.19. The first-order chi connectivity index (χ1) is 9.33. The molecule has 0 aromatic carbocycles. The fourth-order valence-electron chi connectivity index (χ4n) is 2.28. The maximum absolute atomic E-state index is 12.1. The van der Waals surface area contributed by atoms with E-state index in [-0.39, 0.29) is 5.56 Å². The fourth-order valence-corrected chi connectivity index (χ4v) is 3.07. The summed E-state index contributed by atoms with van der Waals surface area (Å²) in [5.74, 6) is 0. The van der Waals surface area contributed by atoms with Gasteiger partial charge in [-0.15, -0.1) is 11.3 Å². The summed E-state index contributed by atoms with van der Waals surface area (Å²) in [6, 6.07) is 1.90. The maximum Gasteiger partial charge on any atom is 0.271 e. The highest BCUT2D eigenvalue weighted by molar-refractivity contribution is 7.17. The summed E-state index contributed by atoms with van der Waals surface area (Å²) in [7, 11) is 0. The van der Waals surface area contributed by atoms with Crippen LogP contribution in [0.2, 0.25) is 0 Å². The van der Waals surface area contributed by atoms with Crippen LogP contribution in [0.4, 0.5) is 0 Å². The minimum Gasteiger partial charge on any atom is -0.298 e. The van der Waals surface area contributed by atoms with Crippen LogP contribution in [0, 0.1) is 0 Å². The summed E-state index contributed by atoms with van der Waals surface area (Å²) in [4.78, 5) is 16.4. The van der Waals surface area contributed by atoms with Crippen molar-refractivity contribution in [3.63, 3.8) is 0 Å². The quantitative estimate of drug-likeness (QED) is 0.678. The molecule has 0 amide bonds. The molecule has 0 aliphatic carbocycles. The predicted octanol–water partition coefficient (Wildman–Crippen LogP) is 4.21. The summed E-state index contributed by atoms with van der Waals surface area (Å²) < 4.78 is 2.54. The zero-order valence-electron chi connectivity index (χ0n) is 11.6. The van der Waals surface area contributed by atoms with Gasteiger partial charge in [-0.3, -0.25) is 9.36 Å². The van der Waals surface area contributed by atoms with Gasteiger partial charge in [-0.2, -0.15) is 0 Å². The Balaban J connectivity index is 1.78. The van der Waals surface area contributed by atoms with E-state index >= 15 is 0 Å². The summed E-state index contributed by atoms with van der Waals surface area (Å²) in [6.07, 6.45) is 10.6. The van der Waals surface area contributed by atoms with Crippen LogP contribution >= 0.6 is 11.3 Å². The first kappa shape index (κ1) is 14.3. The van der Waals surface area contributed by atoms with E-state index in [0.29, 0.717) is 0 Å². The molecule has 0 fully saturated rings. The van der Waals surface area contributed by atoms with E-state index in [9.17, 15) is 4.79 Å². The normalized spacial score (nSPS) is 11.2. The van der Waals surface area contributed by atoms with Crippen LogP contribution in [0.3, 0.4) is 0 Å². The second-order valence-corrected chi connectivity index (χ2v) is 5.92. The van der Waals surface area contributed by atoms with Gasteiger partial charge in [-0.05, 0) is 17.9 Å². The zero-order valence-corrected chi connectivity index (χ0v) is 12.4. The largest absolute Gasteiger partial charge is 0.298 e. The van der Waals surface area contributed by atoms with Gasteiger partial charge in [0.2, 0.25) is 0 Å². The highest BCUT2D eigenvalue weighted by Crippen LogP contribution is 2.13. The first-order valence-corrected chi connectivity index (χ1v) is 8.13. The third-order valence-corrected chi connectivity index (χ3v) is 4.33. The molecule has 0 saturated heterocycles. The van der Waals surface area contributed by atoms with Crippen molar-refractivity contribution in [3.8, 4) is 0 Å². The molecule has 2 rings (SSSR count). The Morgan fingerprint density at radius 3 is 2.68 bits per heavy atom. The molecule has 19 heavy (non-hydrogen) atoms. The van der Waals surface area contributed by atoms with Crippen molar-refractivity contribution in [1.29, 1.82) is 0 Å². The number of nitrogens with zero attached hydrogens (tertiary/aromatic N) is 2. The lowest BCUT2D eigenvalue weighted by Gasteiger charge is -2.05. The Kier molecular flexibility index (Phi) is 5.58. The number of rotatable bonds is 8. The molecular weight excluding hydrogens is 256 g/mol. The van der Waals surface area contributed by atoms with Crippen molar-refractivity contribution in [2.24, 2.45) is 0 Å². The Morgan fingerprint density at radius 2 is 1.89 bits per heavy atom. The predicted molar refractivity (Wildman–Crippen MR) is 81.9 cm³/mol. The van der Waals surface area contributed by atoms with Crippen molar-refractivity contribution in [3.05, 3.63) is 28.1 Å². The minimum absolute atomic E-state index is 0.117. The monoisotopic (exact) mass is 278 g/mol. The van der Waals surface area contributed by atoms with E-state index < -0.39 is 0 Å². The van der Waals surface area contributed by atoms with Gasteiger partial charge in [0.05, 0.1) is 11.8 Å². The number of hydrogen-bond acceptors (Lipinski definition) is 3. The molecule has 104 valence electrons. The first-order valence-electron chi connectivity index (χ1n) is 7.25. The van der Waals surface area contributed by atoms with Crippen LogP contribution in [-0.4, -0.2) is 9.55 Å². The SMILES string of the molecule is CCCCCCCCCn1cnc2ccsc2c1=O. The second-order valence-electron chi connectivity index (χ2n) is 5.00. The molecule has 0 spiro atoms. The Hall–Kier alpha value is -1.16. The van der Waals surface area contributed by atoms with Gasteiger partial charge in [0, 0.05) is 6.54 Å². The standard InChI is InChI=1S/C15H22N2OS/c1-2-3-4-5-6-7-8-10-17-12-16-13-9-11-19-14(13)15(17)18/h9,11-12H,2-8,10H2,1H3. The van der Waals surface area contributed by atoms with Gasteiger partial charge >= 0.3 is 0 Å². The van der Waals surface area contributed by atoms with Crippen molar-refractivity contribution >= 4 is 21.6 Å². The molecule has 0 aliphatic heterocycles. The summed E-state index contributed by atoms with van der Waals surface area (Å²) in [6.45, 7) is 3.04. The van der Waals surface area contributed by atoms with E-state index in [4.69, 9.17) is 0 Å². The summed E-state index contributed by atoms with van der Waals surface area (Å²) >= 11 is 1.49. The lowest BCUT2D eigenvalue weighted by atomic mass is 10.1. The van der Waals surface area contributed by atoms with Gasteiger partial charge in [0.25, 0.3) is 5.56 Å². The van der Waals surface area contributed by atoms with Crippen LogP contribution in [-0.2, 0) is 6.54 Å². The number of unbranched alkanes of at least 4 members (excludes halogenated alkanes) is 6. The van der Waals surface area contributed by atoms with Crippen LogP contribution in [0.25, 0.3) is 10.2 Å². The average molecular weight is 278 g/mol. The third kappa shape index (κ3) is 3.90. The molecule has 0 bridgehead atoms. The molecule has 0 N–H and O–H groups in total. The summed E-state index contributed by atoms with van der Waals surface area (Å²) in [5, 5.41) is 1.93. The van der Waals surface area contributed by atoms with Crippen molar-refractivity contribution in [1.82, 2.24) is 9.55 Å². The molecule has 0 aliphatic rings. The third-order valence-electron chi connectivity index (χ3n) is 3.44. The molecule has 0 radical (unpaired) electrons. The van der Waals surface area contributed by atoms with Crippen LogP contribution in [0.15, 0.2) is 22.6 Å². The number of fused-ring (bicyclic) bond motifs is 1. The topological polar surface area (TPSA) is 34.9 Å². The molecule has 0 saturated carbocycles. The highest BCUT2D eigenvalue weighted by Gasteiger charge is 2.04. The smallest absolute Gasteiger partial charge is 0.271 e. The van der Waals surface area contributed by atoms with Crippen molar-refractivity contribution in [2.75, 3.05) is 0 Å². The molecule has 0 atom stereocenters. The zero-order chi connectivity index (χ0) is 13.5. The number of hydrogen-bond donors (Lipinski definition) is 0. The fraction of sp³-hybridized carbons (Fsp3) is 0.600. The molecule has 2 heterocycles. The van der Waals surface area contributed by atoms with Gasteiger partial charge in [0.1, 0.15) is 4.70 Å². The van der Waals surface area contributed by atoms with E-state index in [2.05, 4.69) is 11.9 Å². The molecular formula is C15H22N2OS. The Morgan fingerprint density at radius 1 is 1.16 bits per heavy atom. The minimum atomic E-state index is 0.117. The van der Waals surface area contributed by atoms with Gasteiger partial charge in [-0.1, -0.05) is 45.4 Å². The number of aromatic nitrogens is 2. The van der Waals surface area contributed by atoms with Gasteiger partial charge < -0.3 is 0 Å². The van der Waals surface area contributed by atoms with E-state index in [1.165, 1.54) is 49.9 Å². The van der Waals surface area contributed by atoms with Crippen LogP contribution in [0.1, 0.15) is 51.9 Å².